The van der Waals surface area contributed by atoms with Gasteiger partial charge in [-0.05, 0) is 56.1 Å². The molecule has 2 rings (SSSR count). The molecule has 0 radical (unpaired) electrons. The number of nitrogens with one attached hydrogen (secondary N) is 1. The lowest BCUT2D eigenvalue weighted by Crippen LogP contribution is -2.12. The fourth-order valence-corrected chi connectivity index (χ4v) is 4.30. The summed E-state index contributed by atoms with van der Waals surface area (Å²) < 4.78 is 8.55. The van der Waals surface area contributed by atoms with Crippen LogP contribution >= 0.6 is 59.4 Å². The molecule has 0 unspecified atom stereocenters. The van der Waals surface area contributed by atoms with E-state index < -0.39 is 0 Å². The third-order valence-corrected chi connectivity index (χ3v) is 4.47. The van der Waals surface area contributed by atoms with Crippen molar-refractivity contribution in [3.8, 4) is 5.75 Å². The van der Waals surface area contributed by atoms with Crippen LogP contribution in [0.5, 0.6) is 5.75 Å². The first-order valence-corrected chi connectivity index (χ1v) is 8.59. The van der Waals surface area contributed by atoms with Crippen LogP contribution in [0.3, 0.4) is 0 Å². The molecule has 0 aliphatic rings. The van der Waals surface area contributed by atoms with E-state index in [9.17, 15) is 0 Å². The van der Waals surface area contributed by atoms with Gasteiger partial charge in [-0.2, -0.15) is 0 Å². The molecule has 0 spiro atoms. The number of hydrogen-bond donors (Lipinski definition) is 1. The maximum atomic E-state index is 6.06. The highest BCUT2D eigenvalue weighted by Gasteiger charge is 2.08. The molecule has 6 heteroatoms. The summed E-state index contributed by atoms with van der Waals surface area (Å²) in [6.45, 7) is 1.20. The number of anilines is 1. The first-order chi connectivity index (χ1) is 9.58. The van der Waals surface area contributed by atoms with Crippen molar-refractivity contribution in [1.29, 1.82) is 0 Å². The summed E-state index contributed by atoms with van der Waals surface area (Å²) in [5.74, 6) is 0.786. The second-order valence-electron chi connectivity index (χ2n) is 3.95. The SMILES string of the molecule is Clc1ccccc1NCCOc1c(Br)cc(Br)cc1Br. The molecule has 0 amide bonds. The molecule has 0 saturated carbocycles. The topological polar surface area (TPSA) is 21.3 Å². The van der Waals surface area contributed by atoms with Gasteiger partial charge < -0.3 is 10.1 Å². The van der Waals surface area contributed by atoms with Crippen LogP contribution in [-0.2, 0) is 0 Å². The molecule has 0 aromatic heterocycles. The standard InChI is InChI=1S/C14H11Br3ClNO/c15-9-7-10(16)14(11(17)8-9)20-6-5-19-13-4-2-1-3-12(13)18/h1-4,7-8,19H,5-6H2. The lowest BCUT2D eigenvalue weighted by molar-refractivity contribution is 0.328. The minimum absolute atomic E-state index is 0.532. The summed E-state index contributed by atoms with van der Waals surface area (Å²) in [6, 6.07) is 11.5. The van der Waals surface area contributed by atoms with Crippen LogP contribution in [0, 0.1) is 0 Å². The van der Waals surface area contributed by atoms with E-state index in [2.05, 4.69) is 53.1 Å². The van der Waals surface area contributed by atoms with Gasteiger partial charge in [0.05, 0.1) is 19.7 Å². The van der Waals surface area contributed by atoms with Gasteiger partial charge in [0, 0.05) is 11.0 Å². The van der Waals surface area contributed by atoms with Crippen LogP contribution in [0.1, 0.15) is 0 Å². The van der Waals surface area contributed by atoms with E-state index in [1.165, 1.54) is 0 Å². The van der Waals surface area contributed by atoms with Gasteiger partial charge in [0.2, 0.25) is 0 Å². The highest BCUT2D eigenvalue weighted by Crippen LogP contribution is 2.36. The molecule has 2 aromatic carbocycles. The Hall–Kier alpha value is -0.230. The molecule has 0 atom stereocenters. The summed E-state index contributed by atoms with van der Waals surface area (Å²) >= 11 is 16.4. The van der Waals surface area contributed by atoms with Crippen LogP contribution in [-0.4, -0.2) is 13.2 Å². The average molecular weight is 484 g/mol. The van der Waals surface area contributed by atoms with E-state index >= 15 is 0 Å². The van der Waals surface area contributed by atoms with Crippen molar-refractivity contribution in [1.82, 2.24) is 0 Å². The molecule has 0 aliphatic heterocycles. The van der Waals surface area contributed by atoms with Gasteiger partial charge in [-0.3, -0.25) is 0 Å². The zero-order chi connectivity index (χ0) is 14.5. The summed E-state index contributed by atoms with van der Waals surface area (Å²) in [5.41, 5.74) is 0.909. The highest BCUT2D eigenvalue weighted by atomic mass is 79.9. The molecule has 0 heterocycles. The van der Waals surface area contributed by atoms with Crippen molar-refractivity contribution >= 4 is 65.1 Å². The second kappa shape index (κ2) is 7.69. The predicted octanol–water partition coefficient (Wildman–Crippen LogP) is 6.12. The molecular formula is C14H11Br3ClNO. The summed E-state index contributed by atoms with van der Waals surface area (Å²) in [5, 5.41) is 3.94. The molecule has 2 aromatic rings. The van der Waals surface area contributed by atoms with E-state index in [1.807, 2.05) is 36.4 Å². The zero-order valence-electron chi connectivity index (χ0n) is 10.3. The third kappa shape index (κ3) is 4.38. The molecule has 0 bridgehead atoms. The first kappa shape index (κ1) is 16.1. The Bertz CT molecular complexity index is 584. The predicted molar refractivity (Wildman–Crippen MR) is 95.0 cm³/mol. The number of para-hydroxylation sites is 1. The van der Waals surface area contributed by atoms with Crippen molar-refractivity contribution in [3.63, 3.8) is 0 Å². The Morgan fingerprint density at radius 2 is 1.70 bits per heavy atom. The van der Waals surface area contributed by atoms with Gasteiger partial charge in [0.15, 0.2) is 0 Å². The van der Waals surface area contributed by atoms with Crippen LogP contribution in [0.2, 0.25) is 5.02 Å². The fraction of sp³-hybridized carbons (Fsp3) is 0.143. The lowest BCUT2D eigenvalue weighted by atomic mass is 10.3. The lowest BCUT2D eigenvalue weighted by Gasteiger charge is -2.12. The minimum atomic E-state index is 0.532. The quantitative estimate of drug-likeness (QED) is 0.517. The number of rotatable bonds is 5. The van der Waals surface area contributed by atoms with Crippen molar-refractivity contribution in [2.24, 2.45) is 0 Å². The van der Waals surface area contributed by atoms with Gasteiger partial charge in [0.1, 0.15) is 12.4 Å². The third-order valence-electron chi connectivity index (χ3n) is 2.50. The van der Waals surface area contributed by atoms with Gasteiger partial charge in [-0.25, -0.2) is 0 Å². The van der Waals surface area contributed by atoms with E-state index in [1.54, 1.807) is 0 Å². The molecule has 0 aliphatic carbocycles. The number of halogens is 4. The normalized spacial score (nSPS) is 10.4. The molecule has 0 saturated heterocycles. The number of hydrogen-bond acceptors (Lipinski definition) is 2. The summed E-state index contributed by atoms with van der Waals surface area (Å²) in [4.78, 5) is 0. The van der Waals surface area contributed by atoms with Crippen LogP contribution in [0.25, 0.3) is 0 Å². The van der Waals surface area contributed by atoms with Crippen LogP contribution in [0.4, 0.5) is 5.69 Å². The Balaban J connectivity index is 1.90. The fourth-order valence-electron chi connectivity index (χ4n) is 1.61. The molecule has 2 nitrogen and oxygen atoms in total. The highest BCUT2D eigenvalue weighted by molar-refractivity contribution is 9.11. The van der Waals surface area contributed by atoms with E-state index in [0.29, 0.717) is 18.2 Å². The summed E-state index contributed by atoms with van der Waals surface area (Å²) in [6.07, 6.45) is 0. The van der Waals surface area contributed by atoms with Gasteiger partial charge in [-0.15, -0.1) is 0 Å². The number of benzene rings is 2. The van der Waals surface area contributed by atoms with Crippen LogP contribution in [0.15, 0.2) is 49.8 Å². The van der Waals surface area contributed by atoms with E-state index in [-0.39, 0.29) is 0 Å². The van der Waals surface area contributed by atoms with Gasteiger partial charge in [0.25, 0.3) is 0 Å². The molecule has 106 valence electrons. The average Bonchev–Trinajstić information content (AvgIpc) is 2.38. The van der Waals surface area contributed by atoms with Crippen molar-refractivity contribution in [2.75, 3.05) is 18.5 Å². The van der Waals surface area contributed by atoms with E-state index in [4.69, 9.17) is 16.3 Å². The van der Waals surface area contributed by atoms with Crippen molar-refractivity contribution in [2.45, 2.75) is 0 Å². The molecule has 20 heavy (non-hydrogen) atoms. The largest absolute Gasteiger partial charge is 0.489 e. The molecule has 0 fully saturated rings. The molecule has 1 N–H and O–H groups in total. The molecular weight excluding hydrogens is 473 g/mol. The monoisotopic (exact) mass is 481 g/mol. The minimum Gasteiger partial charge on any atom is -0.489 e. The van der Waals surface area contributed by atoms with Gasteiger partial charge in [-0.1, -0.05) is 39.7 Å². The Kier molecular flexibility index (Phi) is 6.20. The maximum Gasteiger partial charge on any atom is 0.147 e. The maximum absolute atomic E-state index is 6.06. The number of ether oxygens (including phenoxy) is 1. The van der Waals surface area contributed by atoms with Gasteiger partial charge >= 0.3 is 0 Å². The zero-order valence-corrected chi connectivity index (χ0v) is 15.8. The smallest absolute Gasteiger partial charge is 0.147 e. The van der Waals surface area contributed by atoms with Crippen LogP contribution < -0.4 is 10.1 Å². The summed E-state index contributed by atoms with van der Waals surface area (Å²) in [7, 11) is 0. The first-order valence-electron chi connectivity index (χ1n) is 5.83. The van der Waals surface area contributed by atoms with Crippen molar-refractivity contribution in [3.05, 3.63) is 54.8 Å². The Morgan fingerprint density at radius 1 is 1.05 bits per heavy atom. The van der Waals surface area contributed by atoms with E-state index in [0.717, 1.165) is 24.9 Å². The second-order valence-corrected chi connectivity index (χ2v) is 6.99. The van der Waals surface area contributed by atoms with Crippen molar-refractivity contribution < 1.29 is 4.74 Å². The Labute approximate surface area is 148 Å². The Morgan fingerprint density at radius 3 is 2.35 bits per heavy atom.